The first-order valence-corrected chi connectivity index (χ1v) is 6.64. The molecule has 0 unspecified atom stereocenters. The predicted octanol–water partition coefficient (Wildman–Crippen LogP) is 2.14. The summed E-state index contributed by atoms with van der Waals surface area (Å²) in [6.45, 7) is 1.59. The average Bonchev–Trinajstić information content (AvgIpc) is 2.39. The Hall–Kier alpha value is -1.41. The van der Waals surface area contributed by atoms with Gasteiger partial charge in [0.2, 0.25) is 5.91 Å². The van der Waals surface area contributed by atoms with Crippen LogP contribution in [0.4, 0.5) is 22.0 Å². The number of amides is 2. The molecule has 0 saturated heterocycles. The second-order valence-electron chi connectivity index (χ2n) is 4.96. The summed E-state index contributed by atoms with van der Waals surface area (Å²) >= 11 is 0. The van der Waals surface area contributed by atoms with Crippen LogP contribution in [0.15, 0.2) is 0 Å². The monoisotopic (exact) mass is 316 g/mol. The van der Waals surface area contributed by atoms with Gasteiger partial charge in [0, 0.05) is 18.5 Å². The standard InChI is InChI=1S/C12H17F5N2O2/c1-2-9(20)18-7-5-3-4-6-8(7)19-10(21)11(13,14)12(15,16)17/h7-8H,2-6H2,1H3,(H,18,20)(H,19,21)/t7-,8-/m1/s1. The van der Waals surface area contributed by atoms with Crippen LogP contribution in [0.3, 0.4) is 0 Å². The molecule has 1 aliphatic carbocycles. The van der Waals surface area contributed by atoms with Gasteiger partial charge < -0.3 is 10.6 Å². The molecule has 122 valence electrons. The zero-order valence-electron chi connectivity index (χ0n) is 11.4. The van der Waals surface area contributed by atoms with E-state index in [4.69, 9.17) is 0 Å². The Labute approximate surface area is 118 Å². The van der Waals surface area contributed by atoms with Crippen LogP contribution in [0, 0.1) is 0 Å². The minimum absolute atomic E-state index is 0.163. The van der Waals surface area contributed by atoms with Crippen molar-refractivity contribution in [1.29, 1.82) is 0 Å². The van der Waals surface area contributed by atoms with Gasteiger partial charge in [0.1, 0.15) is 0 Å². The largest absolute Gasteiger partial charge is 0.463 e. The molecule has 2 atom stereocenters. The quantitative estimate of drug-likeness (QED) is 0.781. The molecular formula is C12H17F5N2O2. The lowest BCUT2D eigenvalue weighted by molar-refractivity contribution is -0.270. The van der Waals surface area contributed by atoms with E-state index in [1.165, 1.54) is 0 Å². The molecule has 1 aliphatic rings. The van der Waals surface area contributed by atoms with Crippen LogP contribution in [-0.2, 0) is 9.59 Å². The number of alkyl halides is 5. The van der Waals surface area contributed by atoms with Crippen LogP contribution < -0.4 is 10.6 Å². The van der Waals surface area contributed by atoms with Gasteiger partial charge >= 0.3 is 18.0 Å². The number of rotatable bonds is 4. The van der Waals surface area contributed by atoms with Crippen LogP contribution >= 0.6 is 0 Å². The fourth-order valence-electron chi connectivity index (χ4n) is 2.17. The van der Waals surface area contributed by atoms with Crippen molar-refractivity contribution in [2.45, 2.75) is 63.2 Å². The molecule has 0 aromatic heterocycles. The van der Waals surface area contributed by atoms with Crippen molar-refractivity contribution in [3.63, 3.8) is 0 Å². The number of carbonyl (C=O) groups excluding carboxylic acids is 2. The summed E-state index contributed by atoms with van der Waals surface area (Å²) in [6, 6.07) is -1.55. The Balaban J connectivity index is 2.74. The number of hydrogen-bond donors (Lipinski definition) is 2. The van der Waals surface area contributed by atoms with Crippen molar-refractivity contribution >= 4 is 11.8 Å². The highest BCUT2D eigenvalue weighted by Gasteiger charge is 2.63. The molecule has 9 heteroatoms. The smallest absolute Gasteiger partial charge is 0.351 e. The van der Waals surface area contributed by atoms with E-state index in [-0.39, 0.29) is 18.7 Å². The fourth-order valence-corrected chi connectivity index (χ4v) is 2.17. The molecule has 2 N–H and O–H groups in total. The van der Waals surface area contributed by atoms with E-state index in [0.29, 0.717) is 19.3 Å². The van der Waals surface area contributed by atoms with E-state index < -0.39 is 30.1 Å². The molecular weight excluding hydrogens is 299 g/mol. The third-order valence-electron chi connectivity index (χ3n) is 3.39. The maximum Gasteiger partial charge on any atom is 0.463 e. The number of carbonyl (C=O) groups is 2. The molecule has 1 fully saturated rings. The van der Waals surface area contributed by atoms with Gasteiger partial charge in [-0.1, -0.05) is 19.8 Å². The van der Waals surface area contributed by atoms with Gasteiger partial charge in [-0.2, -0.15) is 22.0 Å². The predicted molar refractivity (Wildman–Crippen MR) is 63.6 cm³/mol. The van der Waals surface area contributed by atoms with Gasteiger partial charge in [-0.25, -0.2) is 0 Å². The minimum Gasteiger partial charge on any atom is -0.351 e. The van der Waals surface area contributed by atoms with Crippen molar-refractivity contribution in [3.8, 4) is 0 Å². The van der Waals surface area contributed by atoms with E-state index in [1.807, 2.05) is 0 Å². The molecule has 0 aromatic rings. The molecule has 0 aromatic carbocycles. The Kier molecular flexibility index (Phi) is 5.52. The summed E-state index contributed by atoms with van der Waals surface area (Å²) in [4.78, 5) is 22.5. The highest BCUT2D eigenvalue weighted by molar-refractivity contribution is 5.84. The molecule has 2 amide bonds. The summed E-state index contributed by atoms with van der Waals surface area (Å²) in [6.07, 6.45) is -3.82. The molecule has 0 bridgehead atoms. The zero-order chi connectivity index (χ0) is 16.3. The van der Waals surface area contributed by atoms with E-state index in [0.717, 1.165) is 0 Å². The third kappa shape index (κ3) is 4.28. The lowest BCUT2D eigenvalue weighted by Gasteiger charge is -2.33. The number of hydrogen-bond acceptors (Lipinski definition) is 2. The van der Waals surface area contributed by atoms with Gasteiger partial charge in [-0.3, -0.25) is 9.59 Å². The van der Waals surface area contributed by atoms with Gasteiger partial charge in [-0.05, 0) is 12.8 Å². The van der Waals surface area contributed by atoms with Crippen LogP contribution in [0.5, 0.6) is 0 Å². The molecule has 21 heavy (non-hydrogen) atoms. The van der Waals surface area contributed by atoms with Gasteiger partial charge in [0.15, 0.2) is 0 Å². The fraction of sp³-hybridized carbons (Fsp3) is 0.833. The van der Waals surface area contributed by atoms with E-state index in [2.05, 4.69) is 5.32 Å². The number of halogens is 5. The molecule has 0 heterocycles. The molecule has 1 saturated carbocycles. The first kappa shape index (κ1) is 17.6. The average molecular weight is 316 g/mol. The van der Waals surface area contributed by atoms with Crippen LogP contribution in [0.2, 0.25) is 0 Å². The van der Waals surface area contributed by atoms with Crippen LogP contribution in [-0.4, -0.2) is 36.0 Å². The van der Waals surface area contributed by atoms with Gasteiger partial charge in [0.05, 0.1) is 0 Å². The summed E-state index contributed by atoms with van der Waals surface area (Å²) < 4.78 is 62.2. The van der Waals surface area contributed by atoms with E-state index in [9.17, 15) is 31.5 Å². The summed E-state index contributed by atoms with van der Waals surface area (Å²) in [7, 11) is 0. The van der Waals surface area contributed by atoms with Crippen molar-refractivity contribution < 1.29 is 31.5 Å². The van der Waals surface area contributed by atoms with Gasteiger partial charge in [0.25, 0.3) is 0 Å². The molecule has 0 radical (unpaired) electrons. The lowest BCUT2D eigenvalue weighted by Crippen LogP contribution is -2.59. The second-order valence-corrected chi connectivity index (χ2v) is 4.96. The maximum atomic E-state index is 12.9. The van der Waals surface area contributed by atoms with Crippen LogP contribution in [0.25, 0.3) is 0 Å². The van der Waals surface area contributed by atoms with Gasteiger partial charge in [-0.15, -0.1) is 0 Å². The van der Waals surface area contributed by atoms with Crippen molar-refractivity contribution in [3.05, 3.63) is 0 Å². The topological polar surface area (TPSA) is 58.2 Å². The lowest BCUT2D eigenvalue weighted by atomic mass is 9.90. The molecule has 0 spiro atoms. The Morgan fingerprint density at radius 2 is 1.48 bits per heavy atom. The zero-order valence-corrected chi connectivity index (χ0v) is 11.4. The highest BCUT2D eigenvalue weighted by atomic mass is 19.4. The Morgan fingerprint density at radius 3 is 1.90 bits per heavy atom. The van der Waals surface area contributed by atoms with Crippen molar-refractivity contribution in [1.82, 2.24) is 10.6 Å². The Morgan fingerprint density at radius 1 is 1.00 bits per heavy atom. The van der Waals surface area contributed by atoms with E-state index >= 15 is 0 Å². The second kappa shape index (κ2) is 6.57. The van der Waals surface area contributed by atoms with Crippen molar-refractivity contribution in [2.24, 2.45) is 0 Å². The molecule has 1 rings (SSSR count). The third-order valence-corrected chi connectivity index (χ3v) is 3.39. The summed E-state index contributed by atoms with van der Waals surface area (Å²) in [5.41, 5.74) is 0. The maximum absolute atomic E-state index is 12.9. The molecule has 4 nitrogen and oxygen atoms in total. The highest BCUT2D eigenvalue weighted by Crippen LogP contribution is 2.35. The molecule has 0 aliphatic heterocycles. The van der Waals surface area contributed by atoms with Crippen molar-refractivity contribution in [2.75, 3.05) is 0 Å². The first-order valence-electron chi connectivity index (χ1n) is 6.64. The van der Waals surface area contributed by atoms with E-state index in [1.54, 1.807) is 12.2 Å². The number of nitrogens with one attached hydrogen (secondary N) is 2. The van der Waals surface area contributed by atoms with Crippen LogP contribution in [0.1, 0.15) is 39.0 Å². The minimum atomic E-state index is -5.94. The normalized spacial score (nSPS) is 23.5. The SMILES string of the molecule is CCC(=O)N[C@@H]1CCCC[C@H]1NC(=O)C(F)(F)C(F)(F)F. The Bertz CT molecular complexity index is 398. The summed E-state index contributed by atoms with van der Waals surface area (Å²) in [5, 5.41) is 4.26. The summed E-state index contributed by atoms with van der Waals surface area (Å²) in [5.74, 6) is -8.16. The first-order chi connectivity index (χ1) is 9.59.